The van der Waals surface area contributed by atoms with Gasteiger partial charge in [-0.2, -0.15) is 0 Å². The van der Waals surface area contributed by atoms with E-state index in [1.807, 2.05) is 0 Å². The smallest absolute Gasteiger partial charge is 0.270 e. The number of hydrogen-bond donors (Lipinski definition) is 0. The van der Waals surface area contributed by atoms with Crippen LogP contribution in [-0.4, -0.2) is 18.2 Å². The molecule has 6 nitrogen and oxygen atoms in total. The highest BCUT2D eigenvalue weighted by molar-refractivity contribution is 5.80. The van der Waals surface area contributed by atoms with Crippen LogP contribution in [0.3, 0.4) is 0 Å². The molecule has 0 unspecified atom stereocenters. The Bertz CT molecular complexity index is 704. The number of nitro groups is 1. The van der Waals surface area contributed by atoms with E-state index in [1.165, 1.54) is 37.6 Å². The quantitative estimate of drug-likeness (QED) is 0.466. The van der Waals surface area contributed by atoms with Crippen LogP contribution >= 0.6 is 0 Å². The highest BCUT2D eigenvalue weighted by Crippen LogP contribution is 2.18. The van der Waals surface area contributed by atoms with E-state index >= 15 is 0 Å². The van der Waals surface area contributed by atoms with Crippen LogP contribution in [0.15, 0.2) is 47.6 Å². The lowest BCUT2D eigenvalue weighted by Gasteiger charge is -2.04. The second kappa shape index (κ2) is 7.16. The molecule has 0 saturated heterocycles. The van der Waals surface area contributed by atoms with Gasteiger partial charge in [0.2, 0.25) is 0 Å². The number of oxime groups is 1. The average Bonchev–Trinajstić information content (AvgIpc) is 2.52. The molecule has 0 atom stereocenters. The van der Waals surface area contributed by atoms with E-state index in [4.69, 9.17) is 9.57 Å². The van der Waals surface area contributed by atoms with Crippen LogP contribution in [0.1, 0.15) is 11.1 Å². The third-order valence-corrected chi connectivity index (χ3v) is 2.80. The molecular formula is C15H13FN2O4. The number of rotatable bonds is 6. The van der Waals surface area contributed by atoms with Gasteiger partial charge in [-0.1, -0.05) is 23.4 Å². The molecule has 0 amide bonds. The van der Waals surface area contributed by atoms with Gasteiger partial charge in [0.05, 0.1) is 18.2 Å². The summed E-state index contributed by atoms with van der Waals surface area (Å²) in [6, 6.07) is 10.4. The third kappa shape index (κ3) is 4.02. The highest BCUT2D eigenvalue weighted by Gasteiger charge is 2.05. The van der Waals surface area contributed by atoms with Crippen LogP contribution in [-0.2, 0) is 11.4 Å². The molecule has 2 rings (SSSR count). The van der Waals surface area contributed by atoms with E-state index < -0.39 is 10.7 Å². The lowest BCUT2D eigenvalue weighted by molar-refractivity contribution is -0.384. The summed E-state index contributed by atoms with van der Waals surface area (Å²) in [5.74, 6) is -0.324. The first-order valence-electron chi connectivity index (χ1n) is 6.32. The van der Waals surface area contributed by atoms with Crippen LogP contribution in [0.25, 0.3) is 0 Å². The zero-order valence-electron chi connectivity index (χ0n) is 11.7. The molecule has 0 N–H and O–H groups in total. The van der Waals surface area contributed by atoms with E-state index in [2.05, 4.69) is 5.16 Å². The Labute approximate surface area is 125 Å². The normalized spacial score (nSPS) is 10.6. The number of ether oxygens (including phenoxy) is 1. The number of hydrogen-bond acceptors (Lipinski definition) is 5. The Morgan fingerprint density at radius 2 is 2.14 bits per heavy atom. The van der Waals surface area contributed by atoms with E-state index in [1.54, 1.807) is 18.2 Å². The summed E-state index contributed by atoms with van der Waals surface area (Å²) in [6.07, 6.45) is 1.35. The standard InChI is InChI=1S/C15H13FN2O4/c1-21-15-6-5-12(8-14(15)16)10-22-17-9-11-3-2-4-13(7-11)18(19)20/h2-9H,10H2,1H3/b17-9-. The van der Waals surface area contributed by atoms with Gasteiger partial charge in [-0.3, -0.25) is 10.1 Å². The Morgan fingerprint density at radius 1 is 1.32 bits per heavy atom. The summed E-state index contributed by atoms with van der Waals surface area (Å²) in [5, 5.41) is 14.3. The number of nitro benzene ring substituents is 1. The first-order chi connectivity index (χ1) is 10.6. The second-order valence-corrected chi connectivity index (χ2v) is 4.33. The summed E-state index contributed by atoms with van der Waals surface area (Å²) in [6.45, 7) is 0.0757. The number of methoxy groups -OCH3 is 1. The van der Waals surface area contributed by atoms with Gasteiger partial charge in [0.25, 0.3) is 5.69 Å². The van der Waals surface area contributed by atoms with Gasteiger partial charge in [0.15, 0.2) is 11.6 Å². The maximum absolute atomic E-state index is 13.5. The van der Waals surface area contributed by atoms with Gasteiger partial charge in [-0.25, -0.2) is 4.39 Å². The van der Waals surface area contributed by atoms with Crippen molar-refractivity contribution in [3.63, 3.8) is 0 Å². The van der Waals surface area contributed by atoms with Gasteiger partial charge >= 0.3 is 0 Å². The SMILES string of the molecule is COc1ccc(CO/N=C\c2cccc([N+](=O)[O-])c2)cc1F. The molecule has 0 spiro atoms. The Kier molecular flexibility index (Phi) is 5.02. The Balaban J connectivity index is 1.94. The fraction of sp³-hybridized carbons (Fsp3) is 0.133. The maximum atomic E-state index is 13.5. The molecule has 0 aliphatic carbocycles. The van der Waals surface area contributed by atoms with Crippen molar-refractivity contribution >= 4 is 11.9 Å². The number of halogens is 1. The summed E-state index contributed by atoms with van der Waals surface area (Å²) in [7, 11) is 1.39. The third-order valence-electron chi connectivity index (χ3n) is 2.80. The Hall–Kier alpha value is -2.96. The zero-order valence-corrected chi connectivity index (χ0v) is 11.7. The molecule has 114 valence electrons. The van der Waals surface area contributed by atoms with Crippen LogP contribution < -0.4 is 4.74 Å². The number of non-ortho nitro benzene ring substituents is 1. The van der Waals surface area contributed by atoms with Crippen molar-refractivity contribution in [2.24, 2.45) is 5.16 Å². The van der Waals surface area contributed by atoms with Gasteiger partial charge in [0, 0.05) is 17.7 Å². The van der Waals surface area contributed by atoms with Crippen LogP contribution in [0.5, 0.6) is 5.75 Å². The largest absolute Gasteiger partial charge is 0.494 e. The van der Waals surface area contributed by atoms with Crippen molar-refractivity contribution in [1.82, 2.24) is 0 Å². The first kappa shape index (κ1) is 15.4. The summed E-state index contributed by atoms with van der Waals surface area (Å²) in [5.41, 5.74) is 1.10. The molecule has 0 bridgehead atoms. The highest BCUT2D eigenvalue weighted by atomic mass is 19.1. The minimum atomic E-state index is -0.488. The molecule has 0 heterocycles. The molecule has 0 aliphatic rings. The van der Waals surface area contributed by atoms with E-state index in [0.717, 1.165) is 0 Å². The first-order valence-corrected chi connectivity index (χ1v) is 6.32. The average molecular weight is 304 g/mol. The fourth-order valence-electron chi connectivity index (χ4n) is 1.73. The van der Waals surface area contributed by atoms with Crippen molar-refractivity contribution in [1.29, 1.82) is 0 Å². The van der Waals surface area contributed by atoms with Gasteiger partial charge in [-0.15, -0.1) is 0 Å². The van der Waals surface area contributed by atoms with Gasteiger partial charge in [-0.05, 0) is 17.7 Å². The molecule has 22 heavy (non-hydrogen) atoms. The predicted molar refractivity (Wildman–Crippen MR) is 78.4 cm³/mol. The van der Waals surface area contributed by atoms with Crippen molar-refractivity contribution in [2.75, 3.05) is 7.11 Å². The Morgan fingerprint density at radius 3 is 2.82 bits per heavy atom. The van der Waals surface area contributed by atoms with Crippen molar-refractivity contribution in [3.05, 3.63) is 69.5 Å². The van der Waals surface area contributed by atoms with E-state index in [9.17, 15) is 14.5 Å². The van der Waals surface area contributed by atoms with Crippen molar-refractivity contribution in [3.8, 4) is 5.75 Å². The topological polar surface area (TPSA) is 74.0 Å². The van der Waals surface area contributed by atoms with Crippen molar-refractivity contribution < 1.29 is 18.9 Å². The van der Waals surface area contributed by atoms with E-state index in [-0.39, 0.29) is 18.0 Å². The lowest BCUT2D eigenvalue weighted by atomic mass is 10.2. The fourth-order valence-corrected chi connectivity index (χ4v) is 1.73. The lowest BCUT2D eigenvalue weighted by Crippen LogP contribution is -1.93. The summed E-state index contributed by atoms with van der Waals surface area (Å²) < 4.78 is 18.3. The molecule has 2 aromatic carbocycles. The molecule has 0 aromatic heterocycles. The number of nitrogens with zero attached hydrogens (tertiary/aromatic N) is 2. The number of benzene rings is 2. The van der Waals surface area contributed by atoms with Gasteiger partial charge in [0.1, 0.15) is 6.61 Å². The predicted octanol–water partition coefficient (Wildman–Crippen LogP) is 3.29. The monoisotopic (exact) mass is 304 g/mol. The minimum Gasteiger partial charge on any atom is -0.494 e. The molecule has 0 aliphatic heterocycles. The zero-order chi connectivity index (χ0) is 15.9. The summed E-state index contributed by atoms with van der Waals surface area (Å²) in [4.78, 5) is 15.2. The van der Waals surface area contributed by atoms with Crippen LogP contribution in [0.4, 0.5) is 10.1 Å². The molecule has 7 heteroatoms. The maximum Gasteiger partial charge on any atom is 0.270 e. The van der Waals surface area contributed by atoms with Crippen molar-refractivity contribution in [2.45, 2.75) is 6.61 Å². The molecule has 0 saturated carbocycles. The van der Waals surface area contributed by atoms with E-state index in [0.29, 0.717) is 11.1 Å². The molecule has 0 radical (unpaired) electrons. The van der Waals surface area contributed by atoms with Crippen LogP contribution in [0.2, 0.25) is 0 Å². The minimum absolute atomic E-state index is 0.0267. The second-order valence-electron chi connectivity index (χ2n) is 4.33. The van der Waals surface area contributed by atoms with Gasteiger partial charge < -0.3 is 9.57 Å². The summed E-state index contributed by atoms with van der Waals surface area (Å²) >= 11 is 0. The molecule has 2 aromatic rings. The molecular weight excluding hydrogens is 291 g/mol. The molecule has 0 fully saturated rings. The van der Waals surface area contributed by atoms with Crippen LogP contribution in [0, 0.1) is 15.9 Å².